The van der Waals surface area contributed by atoms with E-state index in [0.29, 0.717) is 17.9 Å². The minimum Gasteiger partial charge on any atom is -0.496 e. The Bertz CT molecular complexity index is 471. The maximum atomic E-state index is 12.5. The molecular formula is C15H21NO4. The predicted octanol–water partition coefficient (Wildman–Crippen LogP) is 2.11. The van der Waals surface area contributed by atoms with Gasteiger partial charge in [0.2, 0.25) is 0 Å². The summed E-state index contributed by atoms with van der Waals surface area (Å²) in [6.45, 7) is 5.68. The van der Waals surface area contributed by atoms with Gasteiger partial charge < -0.3 is 14.4 Å². The smallest absolute Gasteiger partial charge is 0.325 e. The van der Waals surface area contributed by atoms with Crippen LogP contribution in [0.4, 0.5) is 0 Å². The van der Waals surface area contributed by atoms with E-state index in [0.717, 1.165) is 0 Å². The molecule has 0 bridgehead atoms. The van der Waals surface area contributed by atoms with Gasteiger partial charge in [-0.15, -0.1) is 0 Å². The molecule has 110 valence electrons. The molecule has 0 saturated carbocycles. The average Bonchev–Trinajstić information content (AvgIpc) is 2.44. The second-order valence-corrected chi connectivity index (χ2v) is 4.53. The van der Waals surface area contributed by atoms with E-state index in [1.165, 1.54) is 12.0 Å². The molecule has 0 aliphatic heterocycles. The molecule has 0 aliphatic carbocycles. The maximum absolute atomic E-state index is 12.5. The molecule has 1 rings (SSSR count). The number of carbonyl (C=O) groups is 2. The predicted molar refractivity (Wildman–Crippen MR) is 75.8 cm³/mol. The number of carbonyl (C=O) groups excluding carboxylic acids is 2. The molecule has 0 saturated heterocycles. The highest BCUT2D eigenvalue weighted by Crippen LogP contribution is 2.20. The zero-order valence-corrected chi connectivity index (χ0v) is 12.4. The first-order chi connectivity index (χ1) is 9.51. The first-order valence-corrected chi connectivity index (χ1v) is 6.60. The molecule has 0 aromatic heterocycles. The van der Waals surface area contributed by atoms with Gasteiger partial charge in [0.15, 0.2) is 0 Å². The Hall–Kier alpha value is -2.04. The number of methoxy groups -OCH3 is 1. The van der Waals surface area contributed by atoms with Crippen LogP contribution in [-0.2, 0) is 9.53 Å². The van der Waals surface area contributed by atoms with Gasteiger partial charge in [0, 0.05) is 6.04 Å². The number of nitrogens with zero attached hydrogens (tertiary/aromatic N) is 1. The normalized spacial score (nSPS) is 10.2. The van der Waals surface area contributed by atoms with Crippen LogP contribution in [0.2, 0.25) is 0 Å². The molecule has 0 radical (unpaired) electrons. The van der Waals surface area contributed by atoms with Gasteiger partial charge in [-0.3, -0.25) is 9.59 Å². The van der Waals surface area contributed by atoms with E-state index in [1.54, 1.807) is 31.2 Å². The Kier molecular flexibility index (Phi) is 6.03. The second kappa shape index (κ2) is 7.53. The zero-order chi connectivity index (χ0) is 15.1. The van der Waals surface area contributed by atoms with Crippen molar-refractivity contribution in [2.75, 3.05) is 20.3 Å². The first kappa shape index (κ1) is 16.0. The van der Waals surface area contributed by atoms with Gasteiger partial charge in [-0.05, 0) is 32.9 Å². The topological polar surface area (TPSA) is 55.8 Å². The molecule has 1 amide bonds. The number of hydrogen-bond acceptors (Lipinski definition) is 4. The SMILES string of the molecule is CCOC(=O)CN(C(=O)c1ccccc1OC)C(C)C. The van der Waals surface area contributed by atoms with Crippen LogP contribution in [-0.4, -0.2) is 43.1 Å². The van der Waals surface area contributed by atoms with Crippen LogP contribution in [0.25, 0.3) is 0 Å². The quantitative estimate of drug-likeness (QED) is 0.748. The van der Waals surface area contributed by atoms with E-state index in [-0.39, 0.29) is 18.5 Å². The zero-order valence-electron chi connectivity index (χ0n) is 12.4. The van der Waals surface area contributed by atoms with E-state index in [2.05, 4.69) is 0 Å². The fourth-order valence-electron chi connectivity index (χ4n) is 1.81. The van der Waals surface area contributed by atoms with Crippen molar-refractivity contribution in [2.45, 2.75) is 26.8 Å². The van der Waals surface area contributed by atoms with Gasteiger partial charge in [-0.25, -0.2) is 0 Å². The highest BCUT2D eigenvalue weighted by Gasteiger charge is 2.24. The number of amides is 1. The third-order valence-corrected chi connectivity index (χ3v) is 2.83. The number of benzene rings is 1. The van der Waals surface area contributed by atoms with Crippen molar-refractivity contribution in [3.8, 4) is 5.75 Å². The third-order valence-electron chi connectivity index (χ3n) is 2.83. The van der Waals surface area contributed by atoms with Crippen LogP contribution in [0.5, 0.6) is 5.75 Å². The second-order valence-electron chi connectivity index (χ2n) is 4.53. The van der Waals surface area contributed by atoms with E-state index in [1.807, 2.05) is 13.8 Å². The van der Waals surface area contributed by atoms with Gasteiger partial charge in [0.25, 0.3) is 5.91 Å². The number of rotatable bonds is 6. The van der Waals surface area contributed by atoms with E-state index in [9.17, 15) is 9.59 Å². The summed E-state index contributed by atoms with van der Waals surface area (Å²) < 4.78 is 10.1. The minimum atomic E-state index is -0.413. The first-order valence-electron chi connectivity index (χ1n) is 6.60. The molecule has 5 heteroatoms. The van der Waals surface area contributed by atoms with E-state index < -0.39 is 5.97 Å². The summed E-state index contributed by atoms with van der Waals surface area (Å²) in [4.78, 5) is 25.6. The number of para-hydroxylation sites is 1. The van der Waals surface area contributed by atoms with Gasteiger partial charge >= 0.3 is 5.97 Å². The van der Waals surface area contributed by atoms with Crippen LogP contribution in [0.1, 0.15) is 31.1 Å². The monoisotopic (exact) mass is 279 g/mol. The van der Waals surface area contributed by atoms with Crippen molar-refractivity contribution in [1.82, 2.24) is 4.90 Å². The lowest BCUT2D eigenvalue weighted by molar-refractivity contribution is -0.144. The highest BCUT2D eigenvalue weighted by molar-refractivity contribution is 5.98. The fraction of sp³-hybridized carbons (Fsp3) is 0.467. The van der Waals surface area contributed by atoms with Gasteiger partial charge in [0.1, 0.15) is 12.3 Å². The summed E-state index contributed by atoms with van der Waals surface area (Å²) in [5, 5.41) is 0. The van der Waals surface area contributed by atoms with Crippen LogP contribution in [0.3, 0.4) is 0 Å². The van der Waals surface area contributed by atoms with E-state index >= 15 is 0 Å². The van der Waals surface area contributed by atoms with Crippen LogP contribution < -0.4 is 4.74 Å². The fourth-order valence-corrected chi connectivity index (χ4v) is 1.81. The highest BCUT2D eigenvalue weighted by atomic mass is 16.5. The van der Waals surface area contributed by atoms with E-state index in [4.69, 9.17) is 9.47 Å². The summed E-state index contributed by atoms with van der Waals surface area (Å²) in [5.41, 5.74) is 0.438. The molecule has 0 unspecified atom stereocenters. The van der Waals surface area contributed by atoms with Crippen LogP contribution in [0.15, 0.2) is 24.3 Å². The van der Waals surface area contributed by atoms with Crippen LogP contribution in [0, 0.1) is 0 Å². The largest absolute Gasteiger partial charge is 0.496 e. The lowest BCUT2D eigenvalue weighted by Gasteiger charge is -2.26. The molecule has 0 N–H and O–H groups in total. The van der Waals surface area contributed by atoms with Crippen molar-refractivity contribution in [3.63, 3.8) is 0 Å². The van der Waals surface area contributed by atoms with Crippen molar-refractivity contribution >= 4 is 11.9 Å². The van der Waals surface area contributed by atoms with Crippen molar-refractivity contribution in [2.24, 2.45) is 0 Å². The summed E-state index contributed by atoms with van der Waals surface area (Å²) in [6, 6.07) is 6.84. The number of ether oxygens (including phenoxy) is 2. The number of esters is 1. The average molecular weight is 279 g/mol. The standard InChI is InChI=1S/C15H21NO4/c1-5-20-14(17)10-16(11(2)3)15(18)12-8-6-7-9-13(12)19-4/h6-9,11H,5,10H2,1-4H3. The van der Waals surface area contributed by atoms with Crippen molar-refractivity contribution in [3.05, 3.63) is 29.8 Å². The third kappa shape index (κ3) is 3.98. The van der Waals surface area contributed by atoms with Gasteiger partial charge in [-0.1, -0.05) is 12.1 Å². The molecule has 1 aromatic rings. The Morgan fingerprint density at radius 2 is 1.90 bits per heavy atom. The Labute approximate surface area is 119 Å². The molecule has 0 aliphatic rings. The lowest BCUT2D eigenvalue weighted by Crippen LogP contribution is -2.41. The Morgan fingerprint density at radius 3 is 2.45 bits per heavy atom. The molecule has 0 spiro atoms. The molecule has 0 fully saturated rings. The van der Waals surface area contributed by atoms with Gasteiger partial charge in [-0.2, -0.15) is 0 Å². The Morgan fingerprint density at radius 1 is 1.25 bits per heavy atom. The molecule has 0 atom stereocenters. The lowest BCUT2D eigenvalue weighted by atomic mass is 10.1. The summed E-state index contributed by atoms with van der Waals surface area (Å²) in [6.07, 6.45) is 0. The molecule has 0 heterocycles. The Balaban J connectivity index is 2.97. The maximum Gasteiger partial charge on any atom is 0.325 e. The molecule has 20 heavy (non-hydrogen) atoms. The van der Waals surface area contributed by atoms with Gasteiger partial charge in [0.05, 0.1) is 19.3 Å². The summed E-state index contributed by atoms with van der Waals surface area (Å²) >= 11 is 0. The minimum absolute atomic E-state index is 0.0671. The number of hydrogen-bond donors (Lipinski definition) is 0. The van der Waals surface area contributed by atoms with Crippen molar-refractivity contribution < 1.29 is 19.1 Å². The van der Waals surface area contributed by atoms with Crippen molar-refractivity contribution in [1.29, 1.82) is 0 Å². The summed E-state index contributed by atoms with van der Waals surface area (Å²) in [5.74, 6) is -0.165. The summed E-state index contributed by atoms with van der Waals surface area (Å²) in [7, 11) is 1.51. The molecular weight excluding hydrogens is 258 g/mol. The van der Waals surface area contributed by atoms with Crippen LogP contribution >= 0.6 is 0 Å². The molecule has 5 nitrogen and oxygen atoms in total. The molecule has 1 aromatic carbocycles.